The van der Waals surface area contributed by atoms with E-state index >= 15 is 0 Å². The lowest BCUT2D eigenvalue weighted by Crippen LogP contribution is -2.30. The molecule has 20 heavy (non-hydrogen) atoms. The van der Waals surface area contributed by atoms with Crippen LogP contribution in [0, 0.1) is 16.0 Å². The summed E-state index contributed by atoms with van der Waals surface area (Å²) in [5.41, 5.74) is 0.536. The van der Waals surface area contributed by atoms with Crippen LogP contribution in [0.25, 0.3) is 0 Å². The molecule has 6 nitrogen and oxygen atoms in total. The Hall–Kier alpha value is -1.82. The lowest BCUT2D eigenvalue weighted by atomic mass is 10.1. The molecule has 0 fully saturated rings. The highest BCUT2D eigenvalue weighted by molar-refractivity contribution is 6.33. The van der Waals surface area contributed by atoms with E-state index in [0.29, 0.717) is 24.7 Å². The highest BCUT2D eigenvalue weighted by atomic mass is 35.5. The summed E-state index contributed by atoms with van der Waals surface area (Å²) in [7, 11) is 0. The minimum atomic E-state index is -0.892. The molecule has 7 heteroatoms. The normalized spacial score (nSPS) is 10.6. The Bertz CT molecular complexity index is 505. The smallest absolute Gasteiger partial charge is 0.305 e. The molecule has 0 saturated heterocycles. The van der Waals surface area contributed by atoms with Crippen LogP contribution in [0.5, 0.6) is 0 Å². The van der Waals surface area contributed by atoms with Crippen LogP contribution in [0.15, 0.2) is 18.2 Å². The van der Waals surface area contributed by atoms with Gasteiger partial charge in [-0.05, 0) is 12.0 Å². The molecule has 1 rings (SSSR count). The summed E-state index contributed by atoms with van der Waals surface area (Å²) in [6.07, 6.45) is -0.0139. The van der Waals surface area contributed by atoms with Crippen LogP contribution in [0.4, 0.5) is 11.4 Å². The van der Waals surface area contributed by atoms with E-state index in [9.17, 15) is 14.9 Å². The van der Waals surface area contributed by atoms with E-state index in [4.69, 9.17) is 16.7 Å². The molecule has 0 unspecified atom stereocenters. The van der Waals surface area contributed by atoms with Gasteiger partial charge in [0.15, 0.2) is 0 Å². The molecular formula is C13H17ClN2O4. The van der Waals surface area contributed by atoms with Crippen LogP contribution in [0.2, 0.25) is 5.02 Å². The van der Waals surface area contributed by atoms with Gasteiger partial charge in [0.2, 0.25) is 0 Å². The highest BCUT2D eigenvalue weighted by Gasteiger charge is 2.16. The number of carboxylic acid groups (broad SMARTS) is 1. The maximum absolute atomic E-state index is 10.7. The molecule has 1 aromatic carbocycles. The third kappa shape index (κ3) is 4.70. The van der Waals surface area contributed by atoms with Gasteiger partial charge in [-0.1, -0.05) is 25.4 Å². The van der Waals surface area contributed by atoms with Gasteiger partial charge < -0.3 is 10.0 Å². The van der Waals surface area contributed by atoms with E-state index in [1.54, 1.807) is 6.07 Å². The molecule has 1 aromatic rings. The predicted molar refractivity (Wildman–Crippen MR) is 77.4 cm³/mol. The zero-order valence-electron chi connectivity index (χ0n) is 11.4. The first-order valence-electron chi connectivity index (χ1n) is 6.22. The molecule has 0 amide bonds. The number of halogens is 1. The first-order valence-corrected chi connectivity index (χ1v) is 6.59. The minimum absolute atomic E-state index is 0.0139. The average Bonchev–Trinajstić information content (AvgIpc) is 2.33. The fraction of sp³-hybridized carbons (Fsp3) is 0.462. The van der Waals surface area contributed by atoms with Crippen molar-refractivity contribution < 1.29 is 14.8 Å². The predicted octanol–water partition coefficient (Wildman–Crippen LogP) is 3.19. The van der Waals surface area contributed by atoms with Crippen LogP contribution in [-0.4, -0.2) is 29.1 Å². The fourth-order valence-corrected chi connectivity index (χ4v) is 2.14. The van der Waals surface area contributed by atoms with Gasteiger partial charge in [-0.15, -0.1) is 0 Å². The molecule has 0 saturated carbocycles. The molecule has 0 aliphatic carbocycles. The van der Waals surface area contributed by atoms with Crippen molar-refractivity contribution in [3.8, 4) is 0 Å². The van der Waals surface area contributed by atoms with E-state index < -0.39 is 10.9 Å². The molecule has 0 heterocycles. The van der Waals surface area contributed by atoms with Gasteiger partial charge in [0.25, 0.3) is 5.69 Å². The van der Waals surface area contributed by atoms with Crippen LogP contribution < -0.4 is 4.90 Å². The minimum Gasteiger partial charge on any atom is -0.481 e. The van der Waals surface area contributed by atoms with Crippen LogP contribution >= 0.6 is 11.6 Å². The van der Waals surface area contributed by atoms with Crippen molar-refractivity contribution >= 4 is 28.9 Å². The topological polar surface area (TPSA) is 83.7 Å². The molecular weight excluding hydrogens is 284 g/mol. The van der Waals surface area contributed by atoms with Crippen molar-refractivity contribution in [1.82, 2.24) is 0 Å². The van der Waals surface area contributed by atoms with Gasteiger partial charge in [-0.3, -0.25) is 14.9 Å². The summed E-state index contributed by atoms with van der Waals surface area (Å²) in [6.45, 7) is 4.95. The van der Waals surface area contributed by atoms with Crippen molar-refractivity contribution in [2.75, 3.05) is 18.0 Å². The number of nitro groups is 1. The summed E-state index contributed by atoms with van der Waals surface area (Å²) in [6, 6.07) is 4.21. The zero-order valence-corrected chi connectivity index (χ0v) is 12.1. The van der Waals surface area contributed by atoms with Gasteiger partial charge in [0, 0.05) is 25.2 Å². The van der Waals surface area contributed by atoms with Crippen LogP contribution in [0.1, 0.15) is 20.3 Å². The zero-order chi connectivity index (χ0) is 15.3. The second-order valence-electron chi connectivity index (χ2n) is 4.88. The van der Waals surface area contributed by atoms with Gasteiger partial charge in [-0.25, -0.2) is 0 Å². The SMILES string of the molecule is CC(C)CN(CCC(=O)O)c1ccc([N+](=O)[O-])cc1Cl. The first-order chi connectivity index (χ1) is 9.31. The van der Waals surface area contributed by atoms with Crippen LogP contribution in [0.3, 0.4) is 0 Å². The van der Waals surface area contributed by atoms with Gasteiger partial charge in [-0.2, -0.15) is 0 Å². The van der Waals surface area contributed by atoms with Crippen molar-refractivity contribution in [3.63, 3.8) is 0 Å². The number of hydrogen-bond donors (Lipinski definition) is 1. The van der Waals surface area contributed by atoms with E-state index in [1.165, 1.54) is 12.1 Å². The number of rotatable bonds is 7. The molecule has 0 aromatic heterocycles. The van der Waals surface area contributed by atoms with Gasteiger partial charge in [0.1, 0.15) is 0 Å². The summed E-state index contributed by atoms with van der Waals surface area (Å²) in [4.78, 5) is 22.7. The van der Waals surface area contributed by atoms with Crippen molar-refractivity contribution in [3.05, 3.63) is 33.3 Å². The van der Waals surface area contributed by atoms with E-state index in [2.05, 4.69) is 0 Å². The Balaban J connectivity index is 3.00. The lowest BCUT2D eigenvalue weighted by molar-refractivity contribution is -0.384. The third-order valence-electron chi connectivity index (χ3n) is 2.66. The van der Waals surface area contributed by atoms with Gasteiger partial charge in [0.05, 0.1) is 22.1 Å². The fourth-order valence-electron chi connectivity index (χ4n) is 1.85. The number of nitro benzene ring substituents is 1. The third-order valence-corrected chi connectivity index (χ3v) is 2.97. The number of benzene rings is 1. The van der Waals surface area contributed by atoms with Crippen molar-refractivity contribution in [2.45, 2.75) is 20.3 Å². The van der Waals surface area contributed by atoms with E-state index in [-0.39, 0.29) is 17.1 Å². The molecule has 1 N–H and O–H groups in total. The number of anilines is 1. The Morgan fingerprint density at radius 2 is 2.15 bits per heavy atom. The second-order valence-corrected chi connectivity index (χ2v) is 5.28. The Morgan fingerprint density at radius 3 is 2.60 bits per heavy atom. The molecule has 0 spiro atoms. The molecule has 0 atom stereocenters. The quantitative estimate of drug-likeness (QED) is 0.617. The van der Waals surface area contributed by atoms with E-state index in [1.807, 2.05) is 18.7 Å². The highest BCUT2D eigenvalue weighted by Crippen LogP contribution is 2.30. The second kappa shape index (κ2) is 7.09. The molecule has 0 radical (unpaired) electrons. The number of aliphatic carboxylic acids is 1. The number of carbonyl (C=O) groups is 1. The van der Waals surface area contributed by atoms with Crippen molar-refractivity contribution in [1.29, 1.82) is 0 Å². The summed E-state index contributed by atoms with van der Waals surface area (Å²) >= 11 is 6.07. The number of carboxylic acids is 1. The summed E-state index contributed by atoms with van der Waals surface area (Å²) < 4.78 is 0. The lowest BCUT2D eigenvalue weighted by Gasteiger charge is -2.27. The van der Waals surface area contributed by atoms with Crippen LogP contribution in [-0.2, 0) is 4.79 Å². The summed E-state index contributed by atoms with van der Waals surface area (Å²) in [5.74, 6) is -0.577. The van der Waals surface area contributed by atoms with E-state index in [0.717, 1.165) is 0 Å². The maximum atomic E-state index is 10.7. The number of hydrogen-bond acceptors (Lipinski definition) is 4. The van der Waals surface area contributed by atoms with Gasteiger partial charge >= 0.3 is 5.97 Å². The maximum Gasteiger partial charge on any atom is 0.305 e. The monoisotopic (exact) mass is 300 g/mol. The Kier molecular flexibility index (Phi) is 5.76. The van der Waals surface area contributed by atoms with Crippen molar-refractivity contribution in [2.24, 2.45) is 5.92 Å². The number of non-ortho nitro benzene ring substituents is 1. The standard InChI is InChI=1S/C13H17ClN2O4/c1-9(2)8-15(6-5-13(17)18)12-4-3-10(16(19)20)7-11(12)14/h3-4,7,9H,5-6,8H2,1-2H3,(H,17,18). The molecule has 0 aliphatic heterocycles. The Labute approximate surface area is 122 Å². The average molecular weight is 301 g/mol. The largest absolute Gasteiger partial charge is 0.481 e. The number of nitrogens with zero attached hydrogens (tertiary/aromatic N) is 2. The molecule has 110 valence electrons. The molecule has 0 aliphatic rings. The first kappa shape index (κ1) is 16.2. The Morgan fingerprint density at radius 1 is 1.50 bits per heavy atom. The summed E-state index contributed by atoms with van der Waals surface area (Å²) in [5, 5.41) is 19.7. The molecule has 0 bridgehead atoms.